The van der Waals surface area contributed by atoms with Crippen LogP contribution < -0.4 is 24.0 Å². The van der Waals surface area contributed by atoms with Gasteiger partial charge in [-0.15, -0.1) is 6.61 Å². The minimum absolute atomic E-state index is 0. The molecular formula is C12H35LiNbO6. The second-order valence-corrected chi connectivity index (χ2v) is 1.87. The van der Waals surface area contributed by atoms with E-state index in [4.69, 9.17) is 30.6 Å². The third kappa shape index (κ3) is 5190. The molecule has 0 atom stereocenters. The Hall–Kier alpha value is 1.10. The van der Waals surface area contributed by atoms with Crippen molar-refractivity contribution in [1.82, 2.24) is 0 Å². The van der Waals surface area contributed by atoms with E-state index in [0.29, 0.717) is 0 Å². The van der Waals surface area contributed by atoms with E-state index in [1.54, 1.807) is 41.5 Å². The monoisotopic (exact) mass is 375 g/mol. The number of aliphatic hydroxyl groups excluding tert-OH is 5. The molecular weight excluding hydrogens is 340 g/mol. The summed E-state index contributed by atoms with van der Waals surface area (Å²) in [7, 11) is 0. The Kier molecular flexibility index (Phi) is 361. The molecule has 0 aliphatic rings. The summed E-state index contributed by atoms with van der Waals surface area (Å²) in [5.74, 6) is 0. The zero-order valence-corrected chi connectivity index (χ0v) is 16.5. The van der Waals surface area contributed by atoms with E-state index in [2.05, 4.69) is 0 Å². The molecule has 0 aromatic rings. The second-order valence-electron chi connectivity index (χ2n) is 1.87. The van der Waals surface area contributed by atoms with Crippen LogP contribution in [0.15, 0.2) is 0 Å². The summed E-state index contributed by atoms with van der Waals surface area (Å²) in [5.41, 5.74) is 0. The van der Waals surface area contributed by atoms with Crippen molar-refractivity contribution < 1.29 is 71.9 Å². The van der Waals surface area contributed by atoms with Crippen LogP contribution in [-0.2, 0) is 22.4 Å². The molecule has 0 aliphatic carbocycles. The van der Waals surface area contributed by atoms with E-state index in [9.17, 15) is 0 Å². The minimum Gasteiger partial charge on any atom is -0.855 e. The molecule has 0 spiro atoms. The van der Waals surface area contributed by atoms with Gasteiger partial charge in [-0.3, -0.25) is 0 Å². The van der Waals surface area contributed by atoms with Gasteiger partial charge in [-0.25, -0.2) is 0 Å². The molecule has 0 aromatic heterocycles. The zero-order chi connectivity index (χ0) is 16.2. The van der Waals surface area contributed by atoms with Gasteiger partial charge in [-0.1, -0.05) is 6.92 Å². The maximum atomic E-state index is 8.93. The van der Waals surface area contributed by atoms with Crippen molar-refractivity contribution in [3.63, 3.8) is 0 Å². The van der Waals surface area contributed by atoms with E-state index in [0.717, 1.165) is 0 Å². The molecule has 0 rings (SSSR count). The predicted molar refractivity (Wildman–Crippen MR) is 74.3 cm³/mol. The van der Waals surface area contributed by atoms with Crippen LogP contribution in [0, 0.1) is 0 Å². The largest absolute Gasteiger partial charge is 1.00 e. The van der Waals surface area contributed by atoms with Crippen LogP contribution in [0.3, 0.4) is 0 Å². The Balaban J connectivity index is -0.0000000141. The summed E-state index contributed by atoms with van der Waals surface area (Å²) in [4.78, 5) is 0. The summed E-state index contributed by atoms with van der Waals surface area (Å²) in [6.07, 6.45) is 0. The first kappa shape index (κ1) is 49.7. The Morgan fingerprint density at radius 3 is 0.550 bits per heavy atom. The van der Waals surface area contributed by atoms with Crippen LogP contribution in [0.1, 0.15) is 41.5 Å². The Morgan fingerprint density at radius 1 is 0.550 bits per heavy atom. The van der Waals surface area contributed by atoms with Gasteiger partial charge in [0.25, 0.3) is 0 Å². The third-order valence-corrected chi connectivity index (χ3v) is 0. The summed E-state index contributed by atoms with van der Waals surface area (Å²) >= 11 is 0. The quantitative estimate of drug-likeness (QED) is 0.278. The maximum absolute atomic E-state index is 8.93. The van der Waals surface area contributed by atoms with Crippen LogP contribution in [0.2, 0.25) is 0 Å². The molecule has 8 heteroatoms. The van der Waals surface area contributed by atoms with Gasteiger partial charge in [0.15, 0.2) is 0 Å². The van der Waals surface area contributed by atoms with E-state index in [1.165, 1.54) is 0 Å². The molecule has 0 aliphatic heterocycles. The van der Waals surface area contributed by atoms with Crippen molar-refractivity contribution in [2.45, 2.75) is 41.5 Å². The van der Waals surface area contributed by atoms with E-state index < -0.39 is 0 Å². The molecule has 0 heterocycles. The Labute approximate surface area is 152 Å². The normalized spacial score (nSPS) is 5.40. The van der Waals surface area contributed by atoms with Crippen molar-refractivity contribution in [3.05, 3.63) is 0 Å². The molecule has 1 radical (unpaired) electrons. The number of rotatable bonds is 0. The fraction of sp³-hybridized carbons (Fsp3) is 1.00. The standard InChI is InChI=1S/5C2H6O.C2H5O.Li.Nb/c6*1-2-3;;/h5*3H,2H2,1H3;2H2,1H3;;/q;;;;;-1;+1;. The molecule has 125 valence electrons. The number of hydrogen-bond acceptors (Lipinski definition) is 6. The second kappa shape index (κ2) is 146. The van der Waals surface area contributed by atoms with Crippen molar-refractivity contribution in [2.75, 3.05) is 39.6 Å². The molecule has 0 unspecified atom stereocenters. The smallest absolute Gasteiger partial charge is 0.855 e. The molecule has 0 amide bonds. The van der Waals surface area contributed by atoms with Crippen LogP contribution in [0.25, 0.3) is 0 Å². The van der Waals surface area contributed by atoms with Crippen LogP contribution in [0.4, 0.5) is 0 Å². The van der Waals surface area contributed by atoms with Crippen molar-refractivity contribution >= 4 is 0 Å². The zero-order valence-electron chi connectivity index (χ0n) is 14.3. The molecule has 5 N–H and O–H groups in total. The van der Waals surface area contributed by atoms with Crippen LogP contribution in [-0.4, -0.2) is 65.2 Å². The van der Waals surface area contributed by atoms with Crippen molar-refractivity contribution in [2.24, 2.45) is 0 Å². The average molecular weight is 375 g/mol. The van der Waals surface area contributed by atoms with Gasteiger partial charge >= 0.3 is 18.9 Å². The summed E-state index contributed by atoms with van der Waals surface area (Å²) in [6, 6.07) is 0. The number of hydrogen-bond donors (Lipinski definition) is 5. The van der Waals surface area contributed by atoms with Crippen molar-refractivity contribution in [1.29, 1.82) is 0 Å². The molecule has 0 bridgehead atoms. The van der Waals surface area contributed by atoms with Gasteiger partial charge in [0.2, 0.25) is 0 Å². The van der Waals surface area contributed by atoms with Gasteiger partial charge in [-0.05, 0) is 34.6 Å². The van der Waals surface area contributed by atoms with Crippen LogP contribution in [0.5, 0.6) is 0 Å². The fourth-order valence-electron chi connectivity index (χ4n) is 0. The topological polar surface area (TPSA) is 124 Å². The predicted octanol–water partition coefficient (Wildman–Crippen LogP) is -3.64. The summed E-state index contributed by atoms with van der Waals surface area (Å²) in [6.45, 7) is 11.2. The maximum Gasteiger partial charge on any atom is 1.00 e. The molecule has 20 heavy (non-hydrogen) atoms. The van der Waals surface area contributed by atoms with E-state index >= 15 is 0 Å². The number of aliphatic hydroxyl groups is 5. The van der Waals surface area contributed by atoms with E-state index in [-0.39, 0.29) is 80.9 Å². The first-order valence-electron chi connectivity index (χ1n) is 6.11. The van der Waals surface area contributed by atoms with Crippen molar-refractivity contribution in [3.8, 4) is 0 Å². The molecule has 0 aromatic carbocycles. The Bertz CT molecular complexity index is 43.4. The van der Waals surface area contributed by atoms with Gasteiger partial charge in [-0.2, -0.15) is 0 Å². The first-order valence-corrected chi connectivity index (χ1v) is 6.11. The molecule has 0 saturated heterocycles. The minimum atomic E-state index is 0. The Morgan fingerprint density at radius 2 is 0.550 bits per heavy atom. The van der Waals surface area contributed by atoms with Gasteiger partial charge < -0.3 is 30.6 Å². The van der Waals surface area contributed by atoms with Crippen LogP contribution >= 0.6 is 0 Å². The molecule has 0 saturated carbocycles. The van der Waals surface area contributed by atoms with Gasteiger partial charge in [0.1, 0.15) is 0 Å². The molecule has 0 fully saturated rings. The summed E-state index contributed by atoms with van der Waals surface area (Å²) in [5, 5.41) is 46.8. The van der Waals surface area contributed by atoms with E-state index in [1.807, 2.05) is 0 Å². The summed E-state index contributed by atoms with van der Waals surface area (Å²) < 4.78 is 0. The first-order chi connectivity index (χ1) is 8.49. The van der Waals surface area contributed by atoms with Gasteiger partial charge in [0.05, 0.1) is 0 Å². The SMILES string of the molecule is CCO.CCO.CCO.CCO.CCO.CC[O-].[Li+].[Nb]. The fourth-order valence-corrected chi connectivity index (χ4v) is 0. The average Bonchev–Trinajstić information content (AvgIpc) is 2.23. The molecule has 6 nitrogen and oxygen atoms in total. The van der Waals surface area contributed by atoms with Gasteiger partial charge in [0, 0.05) is 55.4 Å². The third-order valence-electron chi connectivity index (χ3n) is 0.